The molecule has 0 amide bonds. The Labute approximate surface area is 224 Å². The molecule has 0 unspecified atom stereocenters. The van der Waals surface area contributed by atoms with E-state index in [0.717, 1.165) is 24.1 Å². The molecule has 0 atom stereocenters. The molecule has 2 aromatic heterocycles. The van der Waals surface area contributed by atoms with Crippen molar-refractivity contribution in [3.05, 3.63) is 106 Å². The van der Waals surface area contributed by atoms with Gasteiger partial charge in [-0.15, -0.1) is 0 Å². The molecule has 0 aliphatic carbocycles. The van der Waals surface area contributed by atoms with Gasteiger partial charge >= 0.3 is 0 Å². The number of aromatic nitrogens is 4. The molecule has 0 aliphatic heterocycles. The van der Waals surface area contributed by atoms with E-state index < -0.39 is 0 Å². The Balaban J connectivity index is 1.62. The van der Waals surface area contributed by atoms with Gasteiger partial charge in [0.2, 0.25) is 0 Å². The van der Waals surface area contributed by atoms with Crippen molar-refractivity contribution >= 4 is 34.2 Å². The molecule has 0 aliphatic rings. The van der Waals surface area contributed by atoms with Crippen molar-refractivity contribution in [3.63, 3.8) is 0 Å². The predicted octanol–water partition coefficient (Wildman–Crippen LogP) is 6.67. The number of rotatable bonds is 8. The van der Waals surface area contributed by atoms with Gasteiger partial charge in [-0.3, -0.25) is 4.79 Å². The van der Waals surface area contributed by atoms with Gasteiger partial charge in [-0.2, -0.15) is 10.4 Å². The Hall–Kier alpha value is -4.67. The summed E-state index contributed by atoms with van der Waals surface area (Å²) in [5.41, 5.74) is 3.30. The number of hydrogen-bond donors (Lipinski definition) is 1. The largest absolute Gasteiger partial charge is 0.492 e. The molecule has 5 rings (SSSR count). The van der Waals surface area contributed by atoms with E-state index in [1.807, 2.05) is 48.7 Å². The van der Waals surface area contributed by atoms with Crippen LogP contribution in [0.1, 0.15) is 31.2 Å². The van der Waals surface area contributed by atoms with E-state index in [2.05, 4.69) is 23.0 Å². The fourth-order valence-electron chi connectivity index (χ4n) is 4.04. The second-order valence-corrected chi connectivity index (χ2v) is 9.07. The van der Waals surface area contributed by atoms with Crippen LogP contribution in [0.4, 0.5) is 0 Å². The van der Waals surface area contributed by atoms with Crippen LogP contribution < -0.4 is 10.3 Å². The van der Waals surface area contributed by atoms with Crippen molar-refractivity contribution in [3.8, 4) is 28.8 Å². The normalized spacial score (nSPS) is 11.4. The summed E-state index contributed by atoms with van der Waals surface area (Å²) in [5.74, 6) is 0.798. The monoisotopic (exact) mass is 521 g/mol. The Morgan fingerprint density at radius 1 is 1.13 bits per heavy atom. The van der Waals surface area contributed by atoms with E-state index in [-0.39, 0.29) is 17.0 Å². The molecule has 0 saturated carbocycles. The minimum atomic E-state index is -0.308. The summed E-state index contributed by atoms with van der Waals surface area (Å²) < 4.78 is 7.55. The number of hydrogen-bond acceptors (Lipinski definition) is 5. The fraction of sp³-hybridized carbons (Fsp3) is 0.133. The number of H-pyrrole nitrogens is 1. The summed E-state index contributed by atoms with van der Waals surface area (Å²) in [5, 5.41) is 15.8. The lowest BCUT2D eigenvalue weighted by molar-refractivity contribution is 0.309. The smallest absolute Gasteiger partial charge is 0.259 e. The van der Waals surface area contributed by atoms with Gasteiger partial charge in [0.15, 0.2) is 5.82 Å². The number of ether oxygens (including phenoxy) is 1. The third-order valence-corrected chi connectivity index (χ3v) is 6.31. The maximum atomic E-state index is 12.6. The molecular weight excluding hydrogens is 498 g/mol. The first-order chi connectivity index (χ1) is 18.6. The van der Waals surface area contributed by atoms with Gasteiger partial charge in [0.05, 0.1) is 33.8 Å². The number of benzene rings is 3. The Kier molecular flexibility index (Phi) is 7.34. The first-order valence-electron chi connectivity index (χ1n) is 12.3. The van der Waals surface area contributed by atoms with Crippen molar-refractivity contribution in [2.75, 3.05) is 6.61 Å². The maximum absolute atomic E-state index is 12.6. The van der Waals surface area contributed by atoms with E-state index in [9.17, 15) is 10.1 Å². The number of para-hydroxylation sites is 2. The first-order valence-corrected chi connectivity index (χ1v) is 12.6. The maximum Gasteiger partial charge on any atom is 0.259 e. The number of fused-ring (bicyclic) bond motifs is 1. The molecular formula is C30H24ClN5O2. The van der Waals surface area contributed by atoms with Crippen LogP contribution in [0.25, 0.3) is 39.5 Å². The molecule has 2 heterocycles. The molecule has 38 heavy (non-hydrogen) atoms. The number of halogens is 1. The van der Waals surface area contributed by atoms with Crippen LogP contribution in [0.3, 0.4) is 0 Å². The van der Waals surface area contributed by atoms with Crippen LogP contribution >= 0.6 is 11.6 Å². The quantitative estimate of drug-likeness (QED) is 0.181. The zero-order chi connectivity index (χ0) is 26.5. The SMILES string of the molecule is CCCCOc1ccc(-c2nn(-c3ccccc3)cc2/C=C(\C#N)c2nc3ccccc3c(=O)[nH]2)cc1Cl. The van der Waals surface area contributed by atoms with Crippen molar-refractivity contribution < 1.29 is 4.74 Å². The standard InChI is InChI=1S/C30H24ClN5O2/c1-2-3-15-38-27-14-13-20(17-25(27)31)28-22(19-36(35-28)23-9-5-4-6-10-23)16-21(18-32)29-33-26-12-8-7-11-24(26)30(37)34-29/h4-14,16-17,19H,2-3,15H2,1H3,(H,33,34,37)/b21-16+. The van der Waals surface area contributed by atoms with Crippen LogP contribution in [0.15, 0.2) is 83.8 Å². The summed E-state index contributed by atoms with van der Waals surface area (Å²) in [6, 6.07) is 24.4. The second-order valence-electron chi connectivity index (χ2n) is 8.66. The van der Waals surface area contributed by atoms with Crippen molar-refractivity contribution in [2.45, 2.75) is 19.8 Å². The zero-order valence-electron chi connectivity index (χ0n) is 20.7. The van der Waals surface area contributed by atoms with Crippen molar-refractivity contribution in [2.24, 2.45) is 0 Å². The van der Waals surface area contributed by atoms with Crippen LogP contribution in [-0.2, 0) is 0 Å². The van der Waals surface area contributed by atoms with E-state index in [0.29, 0.717) is 39.5 Å². The molecule has 8 heteroatoms. The molecule has 1 N–H and O–H groups in total. The van der Waals surface area contributed by atoms with Gasteiger partial charge in [-0.1, -0.05) is 55.3 Å². The fourth-order valence-corrected chi connectivity index (χ4v) is 4.28. The number of allylic oxidation sites excluding steroid dienone is 1. The van der Waals surface area contributed by atoms with Crippen LogP contribution in [0, 0.1) is 11.3 Å². The van der Waals surface area contributed by atoms with E-state index >= 15 is 0 Å². The molecule has 0 fully saturated rings. The number of aromatic amines is 1. The van der Waals surface area contributed by atoms with Gasteiger partial charge in [0, 0.05) is 17.3 Å². The highest BCUT2D eigenvalue weighted by Gasteiger charge is 2.16. The summed E-state index contributed by atoms with van der Waals surface area (Å²) in [4.78, 5) is 19.9. The molecule has 7 nitrogen and oxygen atoms in total. The third kappa shape index (κ3) is 5.22. The lowest BCUT2D eigenvalue weighted by Gasteiger charge is -2.09. The van der Waals surface area contributed by atoms with E-state index in [4.69, 9.17) is 21.4 Å². The summed E-state index contributed by atoms with van der Waals surface area (Å²) in [6.07, 6.45) is 5.48. The Morgan fingerprint density at radius 2 is 1.92 bits per heavy atom. The Morgan fingerprint density at radius 3 is 2.68 bits per heavy atom. The second kappa shape index (κ2) is 11.2. The molecule has 0 spiro atoms. The minimum Gasteiger partial charge on any atom is -0.492 e. The number of unbranched alkanes of at least 4 members (excludes halogenated alkanes) is 1. The highest BCUT2D eigenvalue weighted by atomic mass is 35.5. The van der Waals surface area contributed by atoms with E-state index in [1.165, 1.54) is 0 Å². The van der Waals surface area contributed by atoms with Crippen LogP contribution in [0.2, 0.25) is 5.02 Å². The lowest BCUT2D eigenvalue weighted by Crippen LogP contribution is -2.11. The third-order valence-electron chi connectivity index (χ3n) is 6.01. The van der Waals surface area contributed by atoms with Gasteiger partial charge in [-0.05, 0) is 55.0 Å². The van der Waals surface area contributed by atoms with Crippen LogP contribution in [0.5, 0.6) is 5.75 Å². The average molecular weight is 522 g/mol. The Bertz CT molecular complexity index is 1730. The van der Waals surface area contributed by atoms with Gasteiger partial charge < -0.3 is 9.72 Å². The molecule has 188 valence electrons. The summed E-state index contributed by atoms with van der Waals surface area (Å²) in [6.45, 7) is 2.69. The molecule has 5 aromatic rings. The molecule has 3 aromatic carbocycles. The van der Waals surface area contributed by atoms with E-state index in [1.54, 1.807) is 41.1 Å². The van der Waals surface area contributed by atoms with Crippen molar-refractivity contribution in [1.82, 2.24) is 19.7 Å². The van der Waals surface area contributed by atoms with Gasteiger partial charge in [0.25, 0.3) is 5.56 Å². The van der Waals surface area contributed by atoms with Crippen molar-refractivity contribution in [1.29, 1.82) is 5.26 Å². The minimum absolute atomic E-state index is 0.187. The number of nitriles is 1. The molecule has 0 radical (unpaired) electrons. The summed E-state index contributed by atoms with van der Waals surface area (Å²) in [7, 11) is 0. The van der Waals surface area contributed by atoms with Gasteiger partial charge in [0.1, 0.15) is 17.5 Å². The topological polar surface area (TPSA) is 96.6 Å². The van der Waals surface area contributed by atoms with Crippen LogP contribution in [-0.4, -0.2) is 26.4 Å². The molecule has 0 saturated heterocycles. The van der Waals surface area contributed by atoms with Gasteiger partial charge in [-0.25, -0.2) is 9.67 Å². The highest BCUT2D eigenvalue weighted by Crippen LogP contribution is 2.33. The first kappa shape index (κ1) is 25.0. The number of nitrogens with one attached hydrogen (secondary N) is 1. The lowest BCUT2D eigenvalue weighted by atomic mass is 10.1. The average Bonchev–Trinajstić information content (AvgIpc) is 3.37. The zero-order valence-corrected chi connectivity index (χ0v) is 21.4. The summed E-state index contributed by atoms with van der Waals surface area (Å²) >= 11 is 6.56. The highest BCUT2D eigenvalue weighted by molar-refractivity contribution is 6.32. The number of nitrogens with zero attached hydrogens (tertiary/aromatic N) is 4. The predicted molar refractivity (Wildman–Crippen MR) is 150 cm³/mol. The molecule has 0 bridgehead atoms.